The summed E-state index contributed by atoms with van der Waals surface area (Å²) in [6.45, 7) is 0.351. The minimum Gasteiger partial charge on any atom is -0.487 e. The molecule has 18 heavy (non-hydrogen) atoms. The monoisotopic (exact) mass is 302 g/mol. The van der Waals surface area contributed by atoms with Gasteiger partial charge in [-0.1, -0.05) is 23.2 Å². The molecule has 0 aliphatic carbocycles. The summed E-state index contributed by atoms with van der Waals surface area (Å²) >= 11 is 13.2. The highest BCUT2D eigenvalue weighted by Gasteiger charge is 2.08. The van der Waals surface area contributed by atoms with Gasteiger partial charge in [-0.05, 0) is 30.3 Å². The number of rotatable bonds is 4. The van der Waals surface area contributed by atoms with Crippen molar-refractivity contribution in [3.8, 4) is 5.75 Å². The maximum absolute atomic E-state index is 10.7. The van der Waals surface area contributed by atoms with Gasteiger partial charge in [-0.15, -0.1) is 11.3 Å². The highest BCUT2D eigenvalue weighted by molar-refractivity contribution is 7.16. The third-order valence-electron chi connectivity index (χ3n) is 2.18. The van der Waals surface area contributed by atoms with E-state index in [1.807, 2.05) is 6.07 Å². The molecule has 0 aliphatic heterocycles. The Morgan fingerprint density at radius 3 is 2.61 bits per heavy atom. The average Bonchev–Trinajstić information content (AvgIpc) is 2.73. The minimum atomic E-state index is -1.02. The van der Waals surface area contributed by atoms with Crippen molar-refractivity contribution in [1.82, 2.24) is 0 Å². The lowest BCUT2D eigenvalue weighted by atomic mass is 10.2. The van der Waals surface area contributed by atoms with Crippen LogP contribution in [0.25, 0.3) is 0 Å². The molecule has 0 saturated heterocycles. The van der Waals surface area contributed by atoms with Crippen LogP contribution in [0.15, 0.2) is 30.3 Å². The zero-order valence-corrected chi connectivity index (χ0v) is 11.4. The number of carbonyl (C=O) groups is 1. The van der Waals surface area contributed by atoms with E-state index in [1.54, 1.807) is 12.1 Å². The number of hydrogen-bond acceptors (Lipinski definition) is 3. The molecule has 2 rings (SSSR count). The largest absolute Gasteiger partial charge is 0.487 e. The van der Waals surface area contributed by atoms with Crippen molar-refractivity contribution < 1.29 is 14.6 Å². The molecular formula is C12H8Cl2O3S. The van der Waals surface area contributed by atoms with Crippen molar-refractivity contribution in [3.05, 3.63) is 50.1 Å². The van der Waals surface area contributed by atoms with Crippen molar-refractivity contribution in [3.63, 3.8) is 0 Å². The van der Waals surface area contributed by atoms with Crippen LogP contribution in [0.3, 0.4) is 0 Å². The molecule has 1 aromatic carbocycles. The summed E-state index contributed by atoms with van der Waals surface area (Å²) in [5, 5.41) is 9.07. The molecule has 0 aliphatic rings. The molecule has 3 nitrogen and oxygen atoms in total. The molecule has 1 N–H and O–H groups in total. The van der Waals surface area contributed by atoms with Gasteiger partial charge in [0.1, 0.15) is 12.4 Å². The Bertz CT molecular complexity index is 580. The number of carboxylic acids is 1. The van der Waals surface area contributed by atoms with Crippen molar-refractivity contribution in [2.24, 2.45) is 0 Å². The molecule has 0 fully saturated rings. The molecule has 0 radical (unpaired) electrons. The van der Waals surface area contributed by atoms with Gasteiger partial charge >= 0.3 is 5.97 Å². The SMILES string of the molecule is O=C(O)c1ccc(OCc2ccc(Cl)s2)c(Cl)c1. The van der Waals surface area contributed by atoms with Gasteiger partial charge in [0, 0.05) is 4.88 Å². The molecule has 0 saturated carbocycles. The normalized spacial score (nSPS) is 10.3. The maximum atomic E-state index is 10.7. The fraction of sp³-hybridized carbons (Fsp3) is 0.0833. The lowest BCUT2D eigenvalue weighted by Crippen LogP contribution is -1.98. The first-order valence-electron chi connectivity index (χ1n) is 4.96. The number of ether oxygens (including phenoxy) is 1. The van der Waals surface area contributed by atoms with Gasteiger partial charge in [0.15, 0.2) is 0 Å². The Balaban J connectivity index is 2.08. The quantitative estimate of drug-likeness (QED) is 0.914. The molecule has 0 unspecified atom stereocenters. The first-order valence-corrected chi connectivity index (χ1v) is 6.53. The predicted molar refractivity (Wildman–Crippen MR) is 72.1 cm³/mol. The topological polar surface area (TPSA) is 46.5 Å². The summed E-state index contributed by atoms with van der Waals surface area (Å²) in [5.41, 5.74) is 0.131. The number of halogens is 2. The Morgan fingerprint density at radius 1 is 1.28 bits per heavy atom. The standard InChI is InChI=1S/C12H8Cl2O3S/c13-9-5-7(12(15)16)1-3-10(9)17-6-8-2-4-11(14)18-8/h1-5H,6H2,(H,15,16). The van der Waals surface area contributed by atoms with E-state index >= 15 is 0 Å². The van der Waals surface area contributed by atoms with Gasteiger partial charge in [-0.25, -0.2) is 4.79 Å². The van der Waals surface area contributed by atoms with E-state index in [4.69, 9.17) is 33.0 Å². The Labute approximate surface area is 118 Å². The van der Waals surface area contributed by atoms with Gasteiger partial charge in [0.25, 0.3) is 0 Å². The number of carboxylic acid groups (broad SMARTS) is 1. The van der Waals surface area contributed by atoms with Gasteiger partial charge < -0.3 is 9.84 Å². The lowest BCUT2D eigenvalue weighted by Gasteiger charge is -2.07. The fourth-order valence-electron chi connectivity index (χ4n) is 1.33. The van der Waals surface area contributed by atoms with Crippen LogP contribution in [0.4, 0.5) is 0 Å². The van der Waals surface area contributed by atoms with E-state index in [2.05, 4.69) is 0 Å². The van der Waals surface area contributed by atoms with Crippen LogP contribution >= 0.6 is 34.5 Å². The van der Waals surface area contributed by atoms with Gasteiger partial charge in [0.05, 0.1) is 14.9 Å². The van der Waals surface area contributed by atoms with Crippen molar-refractivity contribution in [2.45, 2.75) is 6.61 Å². The number of hydrogen-bond donors (Lipinski definition) is 1. The van der Waals surface area contributed by atoms with Gasteiger partial charge in [-0.3, -0.25) is 0 Å². The second kappa shape index (κ2) is 5.61. The Morgan fingerprint density at radius 2 is 2.06 bits per heavy atom. The Kier molecular flexibility index (Phi) is 4.11. The summed E-state index contributed by atoms with van der Waals surface area (Å²) in [5.74, 6) is -0.570. The molecule has 1 aromatic heterocycles. The van der Waals surface area contributed by atoms with Gasteiger partial charge in [0.2, 0.25) is 0 Å². The second-order valence-corrected chi connectivity index (χ2v) is 5.65. The molecule has 0 spiro atoms. The van der Waals surface area contributed by atoms with Crippen LogP contribution in [0, 0.1) is 0 Å². The lowest BCUT2D eigenvalue weighted by molar-refractivity contribution is 0.0697. The van der Waals surface area contributed by atoms with Crippen LogP contribution in [-0.4, -0.2) is 11.1 Å². The summed E-state index contributed by atoms with van der Waals surface area (Å²) < 4.78 is 6.19. The molecule has 0 bridgehead atoms. The molecule has 0 atom stereocenters. The summed E-state index contributed by atoms with van der Waals surface area (Å²) in [6.07, 6.45) is 0. The zero-order chi connectivity index (χ0) is 13.1. The molecule has 94 valence electrons. The molecule has 2 aromatic rings. The second-order valence-electron chi connectivity index (χ2n) is 3.44. The predicted octanol–water partition coefficient (Wildman–Crippen LogP) is 4.33. The number of thiophene rings is 1. The average molecular weight is 303 g/mol. The molecule has 0 amide bonds. The van der Waals surface area contributed by atoms with Crippen LogP contribution in [0.5, 0.6) is 5.75 Å². The van der Waals surface area contributed by atoms with Crippen LogP contribution in [0.1, 0.15) is 15.2 Å². The third-order valence-corrected chi connectivity index (χ3v) is 3.68. The van der Waals surface area contributed by atoms with Gasteiger partial charge in [-0.2, -0.15) is 0 Å². The number of aromatic carboxylic acids is 1. The first kappa shape index (κ1) is 13.2. The maximum Gasteiger partial charge on any atom is 0.335 e. The number of benzene rings is 1. The summed E-state index contributed by atoms with van der Waals surface area (Å²) in [4.78, 5) is 11.7. The van der Waals surface area contributed by atoms with E-state index in [0.717, 1.165) is 4.88 Å². The molecule has 6 heteroatoms. The highest BCUT2D eigenvalue weighted by Crippen LogP contribution is 2.28. The van der Waals surface area contributed by atoms with Crippen LogP contribution < -0.4 is 4.74 Å². The van der Waals surface area contributed by atoms with E-state index in [9.17, 15) is 4.79 Å². The van der Waals surface area contributed by atoms with E-state index in [0.29, 0.717) is 16.7 Å². The van der Waals surface area contributed by atoms with Crippen molar-refractivity contribution in [2.75, 3.05) is 0 Å². The molecule has 1 heterocycles. The molecular weight excluding hydrogens is 295 g/mol. The van der Waals surface area contributed by atoms with E-state index in [1.165, 1.54) is 23.5 Å². The van der Waals surface area contributed by atoms with Crippen molar-refractivity contribution >= 4 is 40.5 Å². The minimum absolute atomic E-state index is 0.131. The van der Waals surface area contributed by atoms with Crippen LogP contribution in [-0.2, 0) is 6.61 Å². The zero-order valence-electron chi connectivity index (χ0n) is 9.02. The third kappa shape index (κ3) is 3.16. The smallest absolute Gasteiger partial charge is 0.335 e. The summed E-state index contributed by atoms with van der Waals surface area (Å²) in [6, 6.07) is 8.01. The summed E-state index contributed by atoms with van der Waals surface area (Å²) in [7, 11) is 0. The van der Waals surface area contributed by atoms with Crippen molar-refractivity contribution in [1.29, 1.82) is 0 Å². The highest BCUT2D eigenvalue weighted by atomic mass is 35.5. The van der Waals surface area contributed by atoms with E-state index < -0.39 is 5.97 Å². The Hall–Kier alpha value is -1.23. The fourth-order valence-corrected chi connectivity index (χ4v) is 2.56. The first-order chi connectivity index (χ1) is 8.56. The van der Waals surface area contributed by atoms with E-state index in [-0.39, 0.29) is 10.6 Å². The van der Waals surface area contributed by atoms with Crippen LogP contribution in [0.2, 0.25) is 9.36 Å².